The molecule has 1 saturated heterocycles. The van der Waals surface area contributed by atoms with E-state index in [9.17, 15) is 14.0 Å². The highest BCUT2D eigenvalue weighted by Crippen LogP contribution is 2.27. The molecular formula is C25H23FN4O4. The summed E-state index contributed by atoms with van der Waals surface area (Å²) in [4.78, 5) is 30.3. The molecule has 8 nitrogen and oxygen atoms in total. The first-order valence-corrected chi connectivity index (χ1v) is 10.6. The highest BCUT2D eigenvalue weighted by atomic mass is 19.1. The van der Waals surface area contributed by atoms with Gasteiger partial charge in [0.1, 0.15) is 12.4 Å². The predicted octanol–water partition coefficient (Wildman–Crippen LogP) is 3.18. The molecule has 2 atom stereocenters. The third-order valence-electron chi connectivity index (χ3n) is 5.37. The molecule has 0 radical (unpaired) electrons. The van der Waals surface area contributed by atoms with Crippen LogP contribution in [0.1, 0.15) is 16.8 Å². The van der Waals surface area contributed by atoms with Crippen molar-refractivity contribution in [2.75, 3.05) is 13.7 Å². The van der Waals surface area contributed by atoms with Crippen molar-refractivity contribution >= 4 is 33.5 Å². The van der Waals surface area contributed by atoms with Crippen LogP contribution < -0.4 is 20.5 Å². The van der Waals surface area contributed by atoms with Crippen molar-refractivity contribution in [3.63, 3.8) is 0 Å². The fourth-order valence-electron chi connectivity index (χ4n) is 3.59. The number of nitrogens with one attached hydrogen (secondary N) is 1. The highest BCUT2D eigenvalue weighted by molar-refractivity contribution is 5.96. The van der Waals surface area contributed by atoms with Crippen LogP contribution in [0.25, 0.3) is 21.7 Å². The number of halogens is 1. The number of carbonyl (C=O) groups excluding carboxylic acids is 2. The summed E-state index contributed by atoms with van der Waals surface area (Å²) in [5.41, 5.74) is 6.53. The Hall–Kier alpha value is -4.27. The molecule has 1 aliphatic heterocycles. The molecule has 9 heteroatoms. The SMILES string of the molecule is COc1ccc2ccnc(OC[C@@H]3C[C@@H](F)C(=O)N3)c2c1.NC(=O)c1ccc2ncccc2c1. The molecule has 3 heterocycles. The van der Waals surface area contributed by atoms with Gasteiger partial charge in [0.05, 0.1) is 18.7 Å². The minimum Gasteiger partial charge on any atom is -0.497 e. The van der Waals surface area contributed by atoms with E-state index in [-0.39, 0.29) is 19.1 Å². The quantitative estimate of drug-likeness (QED) is 0.471. The van der Waals surface area contributed by atoms with Crippen LogP contribution in [0.3, 0.4) is 0 Å². The topological polar surface area (TPSA) is 116 Å². The number of hydrogen-bond acceptors (Lipinski definition) is 6. The first-order valence-electron chi connectivity index (χ1n) is 10.6. The molecule has 2 aromatic heterocycles. The average molecular weight is 462 g/mol. The summed E-state index contributed by atoms with van der Waals surface area (Å²) in [7, 11) is 1.59. The smallest absolute Gasteiger partial charge is 0.254 e. The predicted molar refractivity (Wildman–Crippen MR) is 125 cm³/mol. The summed E-state index contributed by atoms with van der Waals surface area (Å²) >= 11 is 0. The number of rotatable bonds is 5. The lowest BCUT2D eigenvalue weighted by Crippen LogP contribution is -2.31. The Balaban J connectivity index is 0.000000180. The Kier molecular flexibility index (Phi) is 6.82. The fraction of sp³-hybridized carbons (Fsp3) is 0.200. The van der Waals surface area contributed by atoms with E-state index in [2.05, 4.69) is 15.3 Å². The number of methoxy groups -OCH3 is 1. The third kappa shape index (κ3) is 5.20. The van der Waals surface area contributed by atoms with Crippen molar-refractivity contribution in [1.82, 2.24) is 15.3 Å². The number of nitrogens with two attached hydrogens (primary N) is 1. The maximum absolute atomic E-state index is 13.1. The summed E-state index contributed by atoms with van der Waals surface area (Å²) in [6.45, 7) is 0.190. The molecule has 2 aromatic carbocycles. The van der Waals surface area contributed by atoms with Gasteiger partial charge in [-0.25, -0.2) is 9.37 Å². The number of hydrogen-bond donors (Lipinski definition) is 2. The van der Waals surface area contributed by atoms with Crippen LogP contribution in [-0.4, -0.2) is 47.7 Å². The number of alkyl halides is 1. The third-order valence-corrected chi connectivity index (χ3v) is 5.37. The molecule has 3 N–H and O–H groups in total. The minimum atomic E-state index is -1.45. The van der Waals surface area contributed by atoms with Crippen molar-refractivity contribution in [3.05, 3.63) is 72.6 Å². The number of pyridine rings is 2. The Morgan fingerprint density at radius 3 is 2.71 bits per heavy atom. The van der Waals surface area contributed by atoms with Gasteiger partial charge < -0.3 is 20.5 Å². The summed E-state index contributed by atoms with van der Waals surface area (Å²) in [6, 6.07) is 16.1. The van der Waals surface area contributed by atoms with Gasteiger partial charge in [0.2, 0.25) is 11.8 Å². The molecule has 0 saturated carbocycles. The maximum Gasteiger partial charge on any atom is 0.254 e. The summed E-state index contributed by atoms with van der Waals surface area (Å²) < 4.78 is 24.0. The van der Waals surface area contributed by atoms with Crippen molar-refractivity contribution in [3.8, 4) is 11.6 Å². The zero-order chi connectivity index (χ0) is 24.1. The van der Waals surface area contributed by atoms with Gasteiger partial charge in [-0.05, 0) is 47.9 Å². The second-order valence-electron chi connectivity index (χ2n) is 7.70. The average Bonchev–Trinajstić information content (AvgIpc) is 3.19. The first kappa shape index (κ1) is 22.9. The Bertz CT molecular complexity index is 1350. The second kappa shape index (κ2) is 10.1. The molecule has 0 spiro atoms. The molecule has 34 heavy (non-hydrogen) atoms. The standard InChI is InChI=1S/C15H15FN2O3.C10H8N2O/c1-20-11-3-2-9-4-5-17-15(12(9)7-11)21-8-10-6-13(16)14(19)18-10;11-10(13)8-3-4-9-7(6-8)2-1-5-12-9/h2-5,7,10,13H,6,8H2,1H3,(H,18,19);1-6H,(H2,11,13)/t10-,13+;/m0./s1. The summed E-state index contributed by atoms with van der Waals surface area (Å²) in [5.74, 6) is 0.170. The van der Waals surface area contributed by atoms with Crippen LogP contribution in [0.15, 0.2) is 67.0 Å². The van der Waals surface area contributed by atoms with Crippen LogP contribution in [0.4, 0.5) is 4.39 Å². The number of benzene rings is 2. The van der Waals surface area contributed by atoms with Gasteiger partial charge in [-0.1, -0.05) is 12.1 Å². The number of fused-ring (bicyclic) bond motifs is 2. The Labute approximate surface area is 194 Å². The van der Waals surface area contributed by atoms with Gasteiger partial charge in [-0.15, -0.1) is 0 Å². The molecule has 2 amide bonds. The molecule has 5 rings (SSSR count). The molecular weight excluding hydrogens is 439 g/mol. The first-order chi connectivity index (χ1) is 16.4. The number of aromatic nitrogens is 2. The Morgan fingerprint density at radius 2 is 1.97 bits per heavy atom. The molecule has 1 aliphatic rings. The van der Waals surface area contributed by atoms with Crippen molar-refractivity contribution in [2.45, 2.75) is 18.6 Å². The Morgan fingerprint density at radius 1 is 1.12 bits per heavy atom. The van der Waals surface area contributed by atoms with Crippen LogP contribution >= 0.6 is 0 Å². The van der Waals surface area contributed by atoms with Gasteiger partial charge in [0, 0.05) is 35.2 Å². The van der Waals surface area contributed by atoms with Crippen molar-refractivity contribution in [1.29, 1.82) is 0 Å². The van der Waals surface area contributed by atoms with E-state index in [4.69, 9.17) is 15.2 Å². The van der Waals surface area contributed by atoms with E-state index >= 15 is 0 Å². The molecule has 0 unspecified atom stereocenters. The second-order valence-corrected chi connectivity index (χ2v) is 7.70. The number of carbonyl (C=O) groups is 2. The summed E-state index contributed by atoms with van der Waals surface area (Å²) in [6.07, 6.45) is 2.05. The lowest BCUT2D eigenvalue weighted by atomic mass is 10.1. The van der Waals surface area contributed by atoms with E-state index in [1.807, 2.05) is 36.4 Å². The van der Waals surface area contributed by atoms with Gasteiger partial charge >= 0.3 is 0 Å². The molecule has 1 fully saturated rings. The lowest BCUT2D eigenvalue weighted by molar-refractivity contribution is -0.123. The zero-order valence-electron chi connectivity index (χ0n) is 18.4. The van der Waals surface area contributed by atoms with E-state index in [0.29, 0.717) is 17.2 Å². The highest BCUT2D eigenvalue weighted by Gasteiger charge is 2.32. The van der Waals surface area contributed by atoms with E-state index in [1.165, 1.54) is 0 Å². The van der Waals surface area contributed by atoms with Crippen molar-refractivity contribution < 1.29 is 23.5 Å². The van der Waals surface area contributed by atoms with Gasteiger partial charge in [-0.3, -0.25) is 14.6 Å². The van der Waals surface area contributed by atoms with E-state index < -0.39 is 18.0 Å². The van der Waals surface area contributed by atoms with E-state index in [0.717, 1.165) is 21.7 Å². The molecule has 0 bridgehead atoms. The van der Waals surface area contributed by atoms with Crippen molar-refractivity contribution in [2.24, 2.45) is 5.73 Å². The molecule has 4 aromatic rings. The van der Waals surface area contributed by atoms with Gasteiger partial charge in [0.15, 0.2) is 6.17 Å². The van der Waals surface area contributed by atoms with Crippen LogP contribution in [0, 0.1) is 0 Å². The van der Waals surface area contributed by atoms with E-state index in [1.54, 1.807) is 37.7 Å². The lowest BCUT2D eigenvalue weighted by Gasteiger charge is -2.13. The number of amides is 2. The van der Waals surface area contributed by atoms with Gasteiger partial charge in [0.25, 0.3) is 5.91 Å². The number of ether oxygens (including phenoxy) is 2. The largest absolute Gasteiger partial charge is 0.497 e. The fourth-order valence-corrected chi connectivity index (χ4v) is 3.59. The molecule has 0 aliphatic carbocycles. The monoisotopic (exact) mass is 462 g/mol. The summed E-state index contributed by atoms with van der Waals surface area (Å²) in [5, 5.41) is 5.27. The minimum absolute atomic E-state index is 0.132. The van der Waals surface area contributed by atoms with Crippen LogP contribution in [-0.2, 0) is 4.79 Å². The normalized spacial score (nSPS) is 17.1. The maximum atomic E-state index is 13.1. The van der Waals surface area contributed by atoms with Crippen LogP contribution in [0.2, 0.25) is 0 Å². The molecule has 174 valence electrons. The number of nitrogens with zero attached hydrogens (tertiary/aromatic N) is 2. The zero-order valence-corrected chi connectivity index (χ0v) is 18.4. The van der Waals surface area contributed by atoms with Crippen LogP contribution in [0.5, 0.6) is 11.6 Å². The van der Waals surface area contributed by atoms with Gasteiger partial charge in [-0.2, -0.15) is 0 Å². The number of primary amides is 1.